The van der Waals surface area contributed by atoms with E-state index in [2.05, 4.69) is 0 Å². The van der Waals surface area contributed by atoms with Crippen LogP contribution in [0.3, 0.4) is 0 Å². The number of hydrogen-bond acceptors (Lipinski definition) is 4. The van der Waals surface area contributed by atoms with E-state index >= 15 is 0 Å². The van der Waals surface area contributed by atoms with Gasteiger partial charge in [-0.1, -0.05) is 19.9 Å². The Morgan fingerprint density at radius 1 is 1.08 bits per heavy atom. The molecule has 0 N–H and O–H groups in total. The smallest absolute Gasteiger partial charge is 0.416 e. The minimum Gasteiger partial charge on any atom is -0.465 e. The number of benzene rings is 1. The summed E-state index contributed by atoms with van der Waals surface area (Å²) in [5.41, 5.74) is -1.91. The van der Waals surface area contributed by atoms with Gasteiger partial charge in [0.1, 0.15) is 12.4 Å². The molecule has 0 saturated carbocycles. The second kappa shape index (κ2) is 9.39. The molecule has 25 heavy (non-hydrogen) atoms. The number of carbonyl (C=O) groups excluding carboxylic acids is 2. The molecule has 1 aromatic rings. The summed E-state index contributed by atoms with van der Waals surface area (Å²) in [6.45, 7) is 3.21. The van der Waals surface area contributed by atoms with Crippen molar-refractivity contribution in [3.8, 4) is 0 Å². The van der Waals surface area contributed by atoms with Crippen molar-refractivity contribution < 1.29 is 36.6 Å². The van der Waals surface area contributed by atoms with E-state index in [0.717, 1.165) is 18.2 Å². The summed E-state index contributed by atoms with van der Waals surface area (Å²) in [7, 11) is 0. The topological polar surface area (TPSA) is 52.6 Å². The first kappa shape index (κ1) is 20.9. The predicted molar refractivity (Wildman–Crippen MR) is 80.8 cm³/mol. The first-order chi connectivity index (χ1) is 11.6. The molecule has 0 radical (unpaired) electrons. The Kier molecular flexibility index (Phi) is 7.86. The zero-order chi connectivity index (χ0) is 19.0. The molecule has 0 amide bonds. The third-order valence-electron chi connectivity index (χ3n) is 3.14. The average Bonchev–Trinajstić information content (AvgIpc) is 2.50. The summed E-state index contributed by atoms with van der Waals surface area (Å²) < 4.78 is 61.6. The molecule has 0 aliphatic heterocycles. The molecule has 1 aromatic carbocycles. The Bertz CT molecular complexity index is 597. The first-order valence-corrected chi connectivity index (χ1v) is 7.77. The van der Waals surface area contributed by atoms with Gasteiger partial charge >= 0.3 is 18.1 Å². The minimum atomic E-state index is -4.75. The lowest BCUT2D eigenvalue weighted by Gasteiger charge is -2.13. The number of alkyl halides is 3. The van der Waals surface area contributed by atoms with Crippen molar-refractivity contribution in [2.75, 3.05) is 6.61 Å². The second-order valence-electron chi connectivity index (χ2n) is 5.85. The van der Waals surface area contributed by atoms with E-state index in [1.54, 1.807) is 0 Å². The first-order valence-electron chi connectivity index (χ1n) is 7.77. The third-order valence-corrected chi connectivity index (χ3v) is 3.14. The highest BCUT2D eigenvalue weighted by molar-refractivity contribution is 5.72. The molecular formula is C17H20F4O4. The van der Waals surface area contributed by atoms with Gasteiger partial charge in [0.25, 0.3) is 0 Å². The van der Waals surface area contributed by atoms with Crippen LogP contribution >= 0.6 is 0 Å². The number of rotatable bonds is 8. The molecule has 0 unspecified atom stereocenters. The number of carbonyl (C=O) groups is 2. The Morgan fingerprint density at radius 2 is 1.68 bits per heavy atom. The van der Waals surface area contributed by atoms with Gasteiger partial charge in [-0.05, 0) is 24.5 Å². The van der Waals surface area contributed by atoms with Crippen LogP contribution in [0.15, 0.2) is 18.2 Å². The van der Waals surface area contributed by atoms with Crippen LogP contribution in [0.2, 0.25) is 0 Å². The molecule has 0 aromatic heterocycles. The lowest BCUT2D eigenvalue weighted by atomic mass is 10.1. The van der Waals surface area contributed by atoms with E-state index in [9.17, 15) is 27.2 Å². The molecule has 4 nitrogen and oxygen atoms in total. The molecule has 0 fully saturated rings. The minimum absolute atomic E-state index is 0.00464. The van der Waals surface area contributed by atoms with Crippen LogP contribution in [-0.2, 0) is 31.8 Å². The summed E-state index contributed by atoms with van der Waals surface area (Å²) in [6, 6.07) is 2.52. The maximum absolute atomic E-state index is 13.6. The molecule has 8 heteroatoms. The van der Waals surface area contributed by atoms with Gasteiger partial charge < -0.3 is 9.47 Å². The number of hydrogen-bond donors (Lipinski definition) is 0. The largest absolute Gasteiger partial charge is 0.465 e. The van der Waals surface area contributed by atoms with Gasteiger partial charge in [0.15, 0.2) is 0 Å². The second-order valence-corrected chi connectivity index (χ2v) is 5.85. The zero-order valence-electron chi connectivity index (χ0n) is 14.0. The fraction of sp³-hybridized carbons (Fsp3) is 0.529. The fourth-order valence-electron chi connectivity index (χ4n) is 1.90. The molecule has 0 atom stereocenters. The van der Waals surface area contributed by atoms with Gasteiger partial charge in [-0.25, -0.2) is 4.39 Å². The SMILES string of the molecule is CC(C)COC(=O)CCCC(=O)OCc1c(F)cccc1C(F)(F)F. The van der Waals surface area contributed by atoms with E-state index < -0.39 is 41.7 Å². The lowest BCUT2D eigenvalue weighted by molar-refractivity contribution is -0.149. The summed E-state index contributed by atoms with van der Waals surface area (Å²) in [4.78, 5) is 22.9. The number of esters is 2. The molecule has 0 bridgehead atoms. The average molecular weight is 364 g/mol. The summed E-state index contributed by atoms with van der Waals surface area (Å²) in [6.07, 6.45) is -4.79. The van der Waals surface area contributed by atoms with Crippen molar-refractivity contribution in [2.45, 2.75) is 45.9 Å². The summed E-state index contributed by atoms with van der Waals surface area (Å²) in [5.74, 6) is -2.18. The third kappa shape index (κ3) is 7.53. The molecule has 0 saturated heterocycles. The van der Waals surface area contributed by atoms with E-state index in [-0.39, 0.29) is 31.8 Å². The maximum atomic E-state index is 13.6. The van der Waals surface area contributed by atoms with E-state index in [4.69, 9.17) is 9.47 Å². The molecule has 0 aliphatic rings. The Balaban J connectivity index is 2.46. The van der Waals surface area contributed by atoms with E-state index in [1.807, 2.05) is 13.8 Å². The highest BCUT2D eigenvalue weighted by atomic mass is 19.4. The molecule has 1 rings (SSSR count). The summed E-state index contributed by atoms with van der Waals surface area (Å²) >= 11 is 0. The van der Waals surface area contributed by atoms with Crippen molar-refractivity contribution in [3.63, 3.8) is 0 Å². The Labute approximate surface area is 143 Å². The number of ether oxygens (including phenoxy) is 2. The quantitative estimate of drug-likeness (QED) is 0.511. The van der Waals surface area contributed by atoms with Gasteiger partial charge in [0.05, 0.1) is 12.2 Å². The molecule has 0 heterocycles. The van der Waals surface area contributed by atoms with E-state index in [0.29, 0.717) is 0 Å². The van der Waals surface area contributed by atoms with Crippen LogP contribution in [0.25, 0.3) is 0 Å². The number of halogens is 4. The highest BCUT2D eigenvalue weighted by Gasteiger charge is 2.34. The normalized spacial score (nSPS) is 11.5. The molecule has 0 aliphatic carbocycles. The standard InChI is InChI=1S/C17H20F4O4/c1-11(2)9-24-15(22)7-4-8-16(23)25-10-12-13(17(19,20)21)5-3-6-14(12)18/h3,5-6,11H,4,7-10H2,1-2H3. The van der Waals surface area contributed by atoms with Gasteiger partial charge in [0.2, 0.25) is 0 Å². The van der Waals surface area contributed by atoms with Crippen LogP contribution < -0.4 is 0 Å². The van der Waals surface area contributed by atoms with Gasteiger partial charge in [-0.15, -0.1) is 0 Å². The predicted octanol–water partition coefficient (Wildman–Crippen LogP) is 4.26. The zero-order valence-corrected chi connectivity index (χ0v) is 14.0. The van der Waals surface area contributed by atoms with Crippen LogP contribution in [0.1, 0.15) is 44.2 Å². The van der Waals surface area contributed by atoms with Crippen molar-refractivity contribution in [3.05, 3.63) is 35.1 Å². The Morgan fingerprint density at radius 3 is 2.24 bits per heavy atom. The van der Waals surface area contributed by atoms with Gasteiger partial charge in [0, 0.05) is 18.4 Å². The van der Waals surface area contributed by atoms with Crippen LogP contribution in [0.4, 0.5) is 17.6 Å². The van der Waals surface area contributed by atoms with Gasteiger partial charge in [-0.2, -0.15) is 13.2 Å². The lowest BCUT2D eigenvalue weighted by Crippen LogP contribution is -2.14. The summed E-state index contributed by atoms with van der Waals surface area (Å²) in [5, 5.41) is 0. The van der Waals surface area contributed by atoms with Gasteiger partial charge in [-0.3, -0.25) is 9.59 Å². The van der Waals surface area contributed by atoms with Crippen molar-refractivity contribution in [1.82, 2.24) is 0 Å². The van der Waals surface area contributed by atoms with Crippen molar-refractivity contribution in [1.29, 1.82) is 0 Å². The van der Waals surface area contributed by atoms with Crippen LogP contribution in [-0.4, -0.2) is 18.5 Å². The highest BCUT2D eigenvalue weighted by Crippen LogP contribution is 2.33. The molecular weight excluding hydrogens is 344 g/mol. The fourth-order valence-corrected chi connectivity index (χ4v) is 1.90. The maximum Gasteiger partial charge on any atom is 0.416 e. The van der Waals surface area contributed by atoms with Crippen molar-refractivity contribution >= 4 is 11.9 Å². The molecule has 0 spiro atoms. The molecule has 140 valence electrons. The van der Waals surface area contributed by atoms with E-state index in [1.165, 1.54) is 0 Å². The monoisotopic (exact) mass is 364 g/mol. The van der Waals surface area contributed by atoms with Crippen LogP contribution in [0, 0.1) is 11.7 Å². The van der Waals surface area contributed by atoms with Crippen LogP contribution in [0.5, 0.6) is 0 Å². The Hall–Kier alpha value is -2.12. The van der Waals surface area contributed by atoms with Crippen molar-refractivity contribution in [2.24, 2.45) is 5.92 Å².